The van der Waals surface area contributed by atoms with Crippen molar-refractivity contribution in [2.24, 2.45) is 5.92 Å². The smallest absolute Gasteiger partial charge is 0.311 e. The Kier molecular flexibility index (Phi) is 8.24. The van der Waals surface area contributed by atoms with E-state index < -0.39 is 59.0 Å². The number of nitro benzene ring substituents is 1. The molecule has 1 fully saturated rings. The average molecular weight is 453 g/mol. The lowest BCUT2D eigenvalue weighted by atomic mass is 9.90. The molecule has 0 saturated carbocycles. The Hall–Kier alpha value is -3.54. The zero-order valence-corrected chi connectivity index (χ0v) is 17.8. The van der Waals surface area contributed by atoms with E-state index in [0.717, 1.165) is 19.9 Å². The number of nitrogens with zero attached hydrogens (tertiary/aromatic N) is 1. The third-order valence-electron chi connectivity index (χ3n) is 4.62. The van der Waals surface area contributed by atoms with E-state index in [1.807, 2.05) is 0 Å². The molecule has 1 aliphatic rings. The summed E-state index contributed by atoms with van der Waals surface area (Å²) in [6.07, 6.45) is -4.23. The normalized spacial score (nSPS) is 24.7. The van der Waals surface area contributed by atoms with Crippen LogP contribution in [0.5, 0.6) is 5.75 Å². The van der Waals surface area contributed by atoms with Gasteiger partial charge in [-0.25, -0.2) is 0 Å². The highest BCUT2D eigenvalue weighted by molar-refractivity contribution is 5.77. The average Bonchev–Trinajstić information content (AvgIpc) is 2.70. The summed E-state index contributed by atoms with van der Waals surface area (Å²) in [6, 6.07) is 3.49. The summed E-state index contributed by atoms with van der Waals surface area (Å²) in [7, 11) is 0. The van der Waals surface area contributed by atoms with Gasteiger partial charge in [-0.05, 0) is 12.1 Å². The molecule has 2 rings (SSSR count). The second-order valence-electron chi connectivity index (χ2n) is 7.07. The van der Waals surface area contributed by atoms with E-state index in [-0.39, 0.29) is 17.9 Å². The SMILES string of the molecule is CC(=O)OC[C@H]1O[C@H](Oc2ccc(C=O)cc2[N+](=O)[O-])[C@@H](OC(C)=O)[C@@H](OC(C)=O)[C@@H]1C. The zero-order valence-electron chi connectivity index (χ0n) is 17.8. The molecule has 1 aromatic rings. The van der Waals surface area contributed by atoms with Crippen molar-refractivity contribution in [1.29, 1.82) is 0 Å². The van der Waals surface area contributed by atoms with Gasteiger partial charge in [0.2, 0.25) is 12.4 Å². The van der Waals surface area contributed by atoms with Gasteiger partial charge in [-0.2, -0.15) is 0 Å². The van der Waals surface area contributed by atoms with E-state index in [4.69, 9.17) is 23.7 Å². The lowest BCUT2D eigenvalue weighted by Gasteiger charge is -2.43. The van der Waals surface area contributed by atoms with Crippen LogP contribution in [0, 0.1) is 16.0 Å². The van der Waals surface area contributed by atoms with Gasteiger partial charge in [0.25, 0.3) is 0 Å². The van der Waals surface area contributed by atoms with Crippen molar-refractivity contribution in [1.82, 2.24) is 0 Å². The first-order valence-corrected chi connectivity index (χ1v) is 9.57. The number of nitro groups is 1. The van der Waals surface area contributed by atoms with Crippen molar-refractivity contribution in [3.8, 4) is 5.75 Å². The predicted octanol–water partition coefficient (Wildman–Crippen LogP) is 1.57. The van der Waals surface area contributed by atoms with Crippen LogP contribution < -0.4 is 4.74 Å². The lowest BCUT2D eigenvalue weighted by Crippen LogP contribution is -2.59. The topological polar surface area (TPSA) is 158 Å². The molecular weight excluding hydrogens is 430 g/mol. The zero-order chi connectivity index (χ0) is 24.0. The van der Waals surface area contributed by atoms with Gasteiger partial charge in [-0.3, -0.25) is 29.3 Å². The number of carbonyl (C=O) groups is 4. The Labute approximate surface area is 182 Å². The van der Waals surface area contributed by atoms with Gasteiger partial charge in [-0.1, -0.05) is 6.92 Å². The second kappa shape index (κ2) is 10.7. The molecule has 1 heterocycles. The van der Waals surface area contributed by atoms with E-state index in [1.165, 1.54) is 19.1 Å². The molecule has 0 bridgehead atoms. The fourth-order valence-electron chi connectivity index (χ4n) is 3.18. The number of benzene rings is 1. The number of carbonyl (C=O) groups excluding carboxylic acids is 4. The number of rotatable bonds is 8. The van der Waals surface area contributed by atoms with Crippen LogP contribution in [-0.2, 0) is 33.3 Å². The van der Waals surface area contributed by atoms with Gasteiger partial charge in [0, 0.05) is 38.3 Å². The van der Waals surface area contributed by atoms with E-state index in [0.29, 0.717) is 6.29 Å². The summed E-state index contributed by atoms with van der Waals surface area (Å²) in [5.41, 5.74) is -0.483. The van der Waals surface area contributed by atoms with Crippen LogP contribution in [0.1, 0.15) is 38.1 Å². The van der Waals surface area contributed by atoms with Crippen molar-refractivity contribution in [3.63, 3.8) is 0 Å². The molecule has 12 heteroatoms. The van der Waals surface area contributed by atoms with Crippen LogP contribution in [0.2, 0.25) is 0 Å². The highest BCUT2D eigenvalue weighted by Gasteiger charge is 2.50. The Bertz CT molecular complexity index is 900. The number of hydrogen-bond donors (Lipinski definition) is 0. The number of ether oxygens (including phenoxy) is 5. The number of esters is 3. The molecular formula is C20H23NO11. The molecule has 0 aromatic heterocycles. The standard InChI is InChI=1S/C20H23NO11/c1-10-17(9-28-11(2)23)32-20(19(30-13(4)25)18(10)29-12(3)24)31-16-6-5-14(8-22)7-15(16)21(26)27/h5-8,10,17-20H,9H2,1-4H3/t10-,17-,18+,19+,20+/m1/s1. The van der Waals surface area contributed by atoms with Gasteiger partial charge >= 0.3 is 23.6 Å². The molecule has 0 spiro atoms. The van der Waals surface area contributed by atoms with Crippen LogP contribution in [0.15, 0.2) is 18.2 Å². The van der Waals surface area contributed by atoms with Crippen molar-refractivity contribution >= 4 is 29.9 Å². The molecule has 0 N–H and O–H groups in total. The van der Waals surface area contributed by atoms with Gasteiger partial charge in [0.15, 0.2) is 5.75 Å². The number of hydrogen-bond acceptors (Lipinski definition) is 11. The first-order chi connectivity index (χ1) is 15.0. The van der Waals surface area contributed by atoms with Crippen LogP contribution in [-0.4, -0.2) is 60.3 Å². The fourth-order valence-corrected chi connectivity index (χ4v) is 3.18. The van der Waals surface area contributed by atoms with Gasteiger partial charge in [0.1, 0.15) is 25.1 Å². The van der Waals surface area contributed by atoms with Crippen LogP contribution in [0.25, 0.3) is 0 Å². The molecule has 1 aliphatic heterocycles. The van der Waals surface area contributed by atoms with E-state index in [9.17, 15) is 29.3 Å². The van der Waals surface area contributed by atoms with Crippen LogP contribution >= 0.6 is 0 Å². The molecule has 0 aliphatic carbocycles. The summed E-state index contributed by atoms with van der Waals surface area (Å²) in [5, 5.41) is 11.5. The Morgan fingerprint density at radius 1 is 1.09 bits per heavy atom. The number of aldehydes is 1. The fraction of sp³-hybridized carbons (Fsp3) is 0.500. The highest BCUT2D eigenvalue weighted by Crippen LogP contribution is 2.35. The van der Waals surface area contributed by atoms with Crippen molar-refractivity contribution in [2.75, 3.05) is 6.61 Å². The highest BCUT2D eigenvalue weighted by atomic mass is 16.7. The van der Waals surface area contributed by atoms with E-state index in [2.05, 4.69) is 0 Å². The maximum Gasteiger partial charge on any atom is 0.311 e. The Morgan fingerprint density at radius 3 is 2.25 bits per heavy atom. The summed E-state index contributed by atoms with van der Waals surface area (Å²) in [6.45, 7) is 4.89. The second-order valence-corrected chi connectivity index (χ2v) is 7.07. The molecule has 0 unspecified atom stereocenters. The molecule has 32 heavy (non-hydrogen) atoms. The monoisotopic (exact) mass is 453 g/mol. The van der Waals surface area contributed by atoms with Gasteiger partial charge < -0.3 is 23.7 Å². The first kappa shape index (κ1) is 24.7. The Morgan fingerprint density at radius 2 is 1.72 bits per heavy atom. The molecule has 1 saturated heterocycles. The first-order valence-electron chi connectivity index (χ1n) is 9.57. The van der Waals surface area contributed by atoms with Gasteiger partial charge in [0.05, 0.1) is 4.92 Å². The third-order valence-corrected chi connectivity index (χ3v) is 4.62. The summed E-state index contributed by atoms with van der Waals surface area (Å²) in [4.78, 5) is 56.3. The molecule has 1 aromatic carbocycles. The molecule has 0 radical (unpaired) electrons. The quantitative estimate of drug-likeness (QED) is 0.185. The maximum atomic E-state index is 11.7. The summed E-state index contributed by atoms with van der Waals surface area (Å²) < 4.78 is 27.1. The molecule has 5 atom stereocenters. The van der Waals surface area contributed by atoms with Crippen molar-refractivity contribution in [2.45, 2.75) is 52.3 Å². The molecule has 0 amide bonds. The minimum Gasteiger partial charge on any atom is -0.463 e. The third kappa shape index (κ3) is 6.23. The molecule has 174 valence electrons. The minimum atomic E-state index is -1.46. The van der Waals surface area contributed by atoms with E-state index >= 15 is 0 Å². The van der Waals surface area contributed by atoms with Gasteiger partial charge in [-0.15, -0.1) is 0 Å². The predicted molar refractivity (Wildman–Crippen MR) is 105 cm³/mol. The minimum absolute atomic E-state index is 0.0456. The van der Waals surface area contributed by atoms with E-state index in [1.54, 1.807) is 6.92 Å². The van der Waals surface area contributed by atoms with Crippen LogP contribution in [0.3, 0.4) is 0 Å². The lowest BCUT2D eigenvalue weighted by molar-refractivity contribution is -0.387. The largest absolute Gasteiger partial charge is 0.463 e. The van der Waals surface area contributed by atoms with Crippen molar-refractivity contribution < 1.29 is 47.8 Å². The Balaban J connectivity index is 2.45. The maximum absolute atomic E-state index is 11.7. The summed E-state index contributed by atoms with van der Waals surface area (Å²) in [5.74, 6) is -2.86. The van der Waals surface area contributed by atoms with Crippen molar-refractivity contribution in [3.05, 3.63) is 33.9 Å². The summed E-state index contributed by atoms with van der Waals surface area (Å²) >= 11 is 0. The molecule has 12 nitrogen and oxygen atoms in total. The van der Waals surface area contributed by atoms with Crippen LogP contribution in [0.4, 0.5) is 5.69 Å².